The van der Waals surface area contributed by atoms with Crippen molar-refractivity contribution >= 4 is 6.09 Å². The van der Waals surface area contributed by atoms with E-state index in [-0.39, 0.29) is 11.5 Å². The number of rotatable bonds is 1. The molecule has 1 saturated heterocycles. The summed E-state index contributed by atoms with van der Waals surface area (Å²) in [4.78, 5) is 13.6. The zero-order valence-corrected chi connectivity index (χ0v) is 14.2. The van der Waals surface area contributed by atoms with E-state index >= 15 is 0 Å². The molecule has 0 saturated carbocycles. The molecule has 0 aromatic carbocycles. The molecule has 0 bridgehead atoms. The molecule has 1 rings (SSSR count). The molecule has 0 aromatic rings. The summed E-state index contributed by atoms with van der Waals surface area (Å²) in [6.07, 6.45) is 1.26. The molecule has 120 valence electrons. The third-order valence-corrected chi connectivity index (χ3v) is 3.23. The molecule has 1 N–H and O–H groups in total. The van der Waals surface area contributed by atoms with Crippen molar-refractivity contribution in [2.45, 2.75) is 72.0 Å². The maximum atomic E-state index is 12.0. The van der Waals surface area contributed by atoms with Crippen LogP contribution in [0.25, 0.3) is 0 Å². The highest BCUT2D eigenvalue weighted by molar-refractivity contribution is 5.68. The monoisotopic (exact) mass is 295 g/mol. The second-order valence-electron chi connectivity index (χ2n) is 7.92. The van der Waals surface area contributed by atoms with Crippen LogP contribution in [-0.4, -0.2) is 40.4 Å². The fourth-order valence-corrected chi connectivity index (χ4v) is 2.08. The summed E-state index contributed by atoms with van der Waals surface area (Å²) in [5.41, 5.74) is -1.31. The van der Waals surface area contributed by atoms with E-state index in [4.69, 9.17) is 4.74 Å². The van der Waals surface area contributed by atoms with Crippen LogP contribution < -0.4 is 0 Å². The van der Waals surface area contributed by atoms with Crippen LogP contribution in [0.4, 0.5) is 4.79 Å². The summed E-state index contributed by atoms with van der Waals surface area (Å²) in [5.74, 6) is 6.23. The Morgan fingerprint density at radius 3 is 2.14 bits per heavy atom. The third kappa shape index (κ3) is 6.86. The van der Waals surface area contributed by atoms with Gasteiger partial charge in [0.1, 0.15) is 5.60 Å². The standard InChI is InChI=1S/C17H29NO3/c1-15(2,3)8-7-9-17(20)10-12-18(13-11-17)14(19)21-16(4,5)6/h20H,9-13H2,1-6H3. The van der Waals surface area contributed by atoms with Gasteiger partial charge in [-0.2, -0.15) is 0 Å². The van der Waals surface area contributed by atoms with Gasteiger partial charge in [0.15, 0.2) is 0 Å². The molecule has 4 heteroatoms. The Bertz CT molecular complexity index is 424. The Kier molecular flexibility index (Phi) is 5.33. The molecule has 1 fully saturated rings. The van der Waals surface area contributed by atoms with Gasteiger partial charge in [0, 0.05) is 24.9 Å². The Balaban J connectivity index is 2.50. The molecule has 4 nitrogen and oxygen atoms in total. The average molecular weight is 295 g/mol. The first kappa shape index (κ1) is 17.8. The first-order chi connectivity index (χ1) is 9.40. The van der Waals surface area contributed by atoms with Crippen molar-refractivity contribution in [2.24, 2.45) is 5.41 Å². The number of carbonyl (C=O) groups excluding carboxylic acids is 1. The third-order valence-electron chi connectivity index (χ3n) is 3.23. The first-order valence-corrected chi connectivity index (χ1v) is 7.61. The van der Waals surface area contributed by atoms with E-state index in [0.717, 1.165) is 0 Å². The smallest absolute Gasteiger partial charge is 0.410 e. The van der Waals surface area contributed by atoms with Crippen LogP contribution in [0.3, 0.4) is 0 Å². The molecule has 1 heterocycles. The number of piperidine rings is 1. The van der Waals surface area contributed by atoms with Crippen LogP contribution >= 0.6 is 0 Å². The van der Waals surface area contributed by atoms with Crippen molar-refractivity contribution in [3.8, 4) is 11.8 Å². The second-order valence-corrected chi connectivity index (χ2v) is 7.92. The Labute approximate surface area is 128 Å². The van der Waals surface area contributed by atoms with Gasteiger partial charge in [-0.05, 0) is 54.4 Å². The van der Waals surface area contributed by atoms with Crippen molar-refractivity contribution in [2.75, 3.05) is 13.1 Å². The lowest BCUT2D eigenvalue weighted by atomic mass is 9.88. The van der Waals surface area contributed by atoms with Gasteiger partial charge in [-0.1, -0.05) is 11.8 Å². The largest absolute Gasteiger partial charge is 0.444 e. The average Bonchev–Trinajstić information content (AvgIpc) is 2.25. The summed E-state index contributed by atoms with van der Waals surface area (Å²) in [6, 6.07) is 0. The molecule has 0 aliphatic carbocycles. The van der Waals surface area contributed by atoms with Gasteiger partial charge in [0.2, 0.25) is 0 Å². The van der Waals surface area contributed by atoms with Gasteiger partial charge < -0.3 is 14.7 Å². The van der Waals surface area contributed by atoms with Gasteiger partial charge in [-0.15, -0.1) is 0 Å². The lowest BCUT2D eigenvalue weighted by Crippen LogP contribution is -2.48. The molecule has 0 radical (unpaired) electrons. The van der Waals surface area contributed by atoms with E-state index in [0.29, 0.717) is 32.4 Å². The zero-order valence-electron chi connectivity index (χ0n) is 14.2. The molecule has 0 atom stereocenters. The van der Waals surface area contributed by atoms with Gasteiger partial charge in [0.05, 0.1) is 5.60 Å². The van der Waals surface area contributed by atoms with Crippen LogP contribution in [0.2, 0.25) is 0 Å². The highest BCUT2D eigenvalue weighted by Crippen LogP contribution is 2.26. The Morgan fingerprint density at radius 2 is 1.71 bits per heavy atom. The predicted octanol–water partition coefficient (Wildman–Crippen LogP) is 3.19. The van der Waals surface area contributed by atoms with Crippen molar-refractivity contribution in [3.05, 3.63) is 0 Å². The first-order valence-electron chi connectivity index (χ1n) is 7.61. The molecule has 0 aromatic heterocycles. The fourth-order valence-electron chi connectivity index (χ4n) is 2.08. The number of carbonyl (C=O) groups is 1. The van der Waals surface area contributed by atoms with E-state index in [1.807, 2.05) is 20.8 Å². The minimum absolute atomic E-state index is 0.0480. The van der Waals surface area contributed by atoms with Crippen LogP contribution in [-0.2, 0) is 4.74 Å². The van der Waals surface area contributed by atoms with E-state index < -0.39 is 11.2 Å². The maximum absolute atomic E-state index is 12.0. The summed E-state index contributed by atoms with van der Waals surface area (Å²) in [7, 11) is 0. The number of hydrogen-bond acceptors (Lipinski definition) is 3. The van der Waals surface area contributed by atoms with Gasteiger partial charge in [-0.3, -0.25) is 0 Å². The summed E-state index contributed by atoms with van der Waals surface area (Å²) in [6.45, 7) is 12.7. The van der Waals surface area contributed by atoms with E-state index in [1.165, 1.54) is 0 Å². The topological polar surface area (TPSA) is 49.8 Å². The molecule has 1 amide bonds. The lowest BCUT2D eigenvalue weighted by molar-refractivity contribution is -0.0289. The zero-order chi connectivity index (χ0) is 16.3. The van der Waals surface area contributed by atoms with E-state index in [1.54, 1.807) is 4.90 Å². The highest BCUT2D eigenvalue weighted by atomic mass is 16.6. The van der Waals surface area contributed by atoms with E-state index in [9.17, 15) is 9.90 Å². The molecular weight excluding hydrogens is 266 g/mol. The SMILES string of the molecule is CC(C)(C)C#CCC1(O)CCN(C(=O)OC(C)(C)C)CC1. The van der Waals surface area contributed by atoms with Gasteiger partial charge in [-0.25, -0.2) is 4.79 Å². The quantitative estimate of drug-likeness (QED) is 0.756. The van der Waals surface area contributed by atoms with Crippen LogP contribution in [0.5, 0.6) is 0 Å². The number of amides is 1. The summed E-state index contributed by atoms with van der Waals surface area (Å²) >= 11 is 0. The van der Waals surface area contributed by atoms with Crippen molar-refractivity contribution in [1.29, 1.82) is 0 Å². The lowest BCUT2D eigenvalue weighted by Gasteiger charge is -2.37. The second kappa shape index (κ2) is 6.27. The predicted molar refractivity (Wildman–Crippen MR) is 83.8 cm³/mol. The minimum Gasteiger partial charge on any atom is -0.444 e. The van der Waals surface area contributed by atoms with Crippen LogP contribution in [0.15, 0.2) is 0 Å². The van der Waals surface area contributed by atoms with Crippen LogP contribution in [0.1, 0.15) is 60.8 Å². The highest BCUT2D eigenvalue weighted by Gasteiger charge is 2.34. The number of likely N-dealkylation sites (tertiary alicyclic amines) is 1. The molecule has 0 spiro atoms. The summed E-state index contributed by atoms with van der Waals surface area (Å²) < 4.78 is 5.35. The van der Waals surface area contributed by atoms with Crippen molar-refractivity contribution in [1.82, 2.24) is 4.90 Å². The van der Waals surface area contributed by atoms with E-state index in [2.05, 4.69) is 32.6 Å². The Hall–Kier alpha value is -1.21. The van der Waals surface area contributed by atoms with Crippen molar-refractivity contribution < 1.29 is 14.6 Å². The number of nitrogens with zero attached hydrogens (tertiary/aromatic N) is 1. The minimum atomic E-state index is -0.781. The Morgan fingerprint density at radius 1 is 1.19 bits per heavy atom. The van der Waals surface area contributed by atoms with Gasteiger partial charge >= 0.3 is 6.09 Å². The normalized spacial score (nSPS) is 18.7. The van der Waals surface area contributed by atoms with Crippen molar-refractivity contribution in [3.63, 3.8) is 0 Å². The fraction of sp³-hybridized carbons (Fsp3) is 0.824. The number of ether oxygens (including phenoxy) is 1. The molecule has 1 aliphatic rings. The van der Waals surface area contributed by atoms with Gasteiger partial charge in [0.25, 0.3) is 0 Å². The molecule has 0 unspecified atom stereocenters. The summed E-state index contributed by atoms with van der Waals surface area (Å²) in [5, 5.41) is 10.5. The van der Waals surface area contributed by atoms with Crippen LogP contribution in [0, 0.1) is 17.3 Å². The molecular formula is C17H29NO3. The molecule has 1 aliphatic heterocycles. The maximum Gasteiger partial charge on any atom is 0.410 e. The number of hydrogen-bond donors (Lipinski definition) is 1. The number of aliphatic hydroxyl groups is 1. The molecule has 21 heavy (non-hydrogen) atoms.